The molecule has 0 atom stereocenters. The Kier molecular flexibility index (Phi) is 7.33. The van der Waals surface area contributed by atoms with Crippen molar-refractivity contribution in [3.63, 3.8) is 0 Å². The highest BCUT2D eigenvalue weighted by Crippen LogP contribution is 2.50. The van der Waals surface area contributed by atoms with Crippen molar-refractivity contribution in [3.05, 3.63) is 217 Å². The van der Waals surface area contributed by atoms with Gasteiger partial charge in [0, 0.05) is 0 Å². The lowest BCUT2D eigenvalue weighted by Gasteiger charge is -2.18. The summed E-state index contributed by atoms with van der Waals surface area (Å²) in [5.41, 5.74) is 15.3. The molecule has 0 nitrogen and oxygen atoms in total. The van der Waals surface area contributed by atoms with Gasteiger partial charge in [-0.2, -0.15) is 0 Å². The van der Waals surface area contributed by atoms with Crippen LogP contribution in [0.3, 0.4) is 0 Å². The molecule has 0 amide bonds. The summed E-state index contributed by atoms with van der Waals surface area (Å²) in [5, 5.41) is 12.8. The molecule has 0 heteroatoms. The fraction of sp³-hybridized carbons (Fsp3) is 0. The molecule has 11 aromatic carbocycles. The molecule has 0 N–H and O–H groups in total. The highest BCUT2D eigenvalue weighted by atomic mass is 14.3. The average Bonchev–Trinajstić information content (AvgIpc) is 3.61. The van der Waals surface area contributed by atoms with Crippen molar-refractivity contribution in [2.45, 2.75) is 0 Å². The minimum Gasteiger partial charge on any atom is -0.0616 e. The summed E-state index contributed by atoms with van der Waals surface area (Å²) < 4.78 is 0. The third-order valence-electron chi connectivity index (χ3n) is 12.4. The Labute approximate surface area is 337 Å². The summed E-state index contributed by atoms with van der Waals surface area (Å²) in [6.07, 6.45) is 4.51. The molecule has 0 aromatic heterocycles. The molecule has 0 heterocycles. The minimum atomic E-state index is 1.17. The van der Waals surface area contributed by atoms with Crippen LogP contribution >= 0.6 is 0 Å². The van der Waals surface area contributed by atoms with Crippen molar-refractivity contribution in [2.24, 2.45) is 0 Å². The van der Waals surface area contributed by atoms with Gasteiger partial charge in [-0.1, -0.05) is 212 Å². The van der Waals surface area contributed by atoms with Crippen LogP contribution in [0.2, 0.25) is 0 Å². The zero-order valence-electron chi connectivity index (χ0n) is 31.8. The van der Waals surface area contributed by atoms with Crippen molar-refractivity contribution >= 4 is 66.0 Å². The minimum absolute atomic E-state index is 1.17. The van der Waals surface area contributed by atoms with E-state index in [9.17, 15) is 0 Å². The largest absolute Gasteiger partial charge is 0.0616 e. The van der Waals surface area contributed by atoms with Crippen molar-refractivity contribution in [1.82, 2.24) is 0 Å². The van der Waals surface area contributed by atoms with Crippen LogP contribution in [0.5, 0.6) is 0 Å². The number of hydrogen-bond acceptors (Lipinski definition) is 0. The maximum atomic E-state index is 2.43. The van der Waals surface area contributed by atoms with Crippen LogP contribution in [-0.4, -0.2) is 0 Å². The summed E-state index contributed by atoms with van der Waals surface area (Å²) in [7, 11) is 0. The average molecular weight is 733 g/mol. The summed E-state index contributed by atoms with van der Waals surface area (Å²) in [4.78, 5) is 0. The van der Waals surface area contributed by atoms with Gasteiger partial charge in [-0.3, -0.25) is 0 Å². The highest BCUT2D eigenvalue weighted by Gasteiger charge is 2.23. The zero-order valence-corrected chi connectivity index (χ0v) is 31.8. The molecule has 0 unspecified atom stereocenters. The van der Waals surface area contributed by atoms with Gasteiger partial charge in [0.05, 0.1) is 0 Å². The molecule has 1 aliphatic rings. The maximum Gasteiger partial charge on any atom is -0.00261 e. The van der Waals surface area contributed by atoms with E-state index >= 15 is 0 Å². The molecule has 0 fully saturated rings. The predicted molar refractivity (Wildman–Crippen MR) is 250 cm³/mol. The fourth-order valence-corrected chi connectivity index (χ4v) is 9.81. The summed E-state index contributed by atoms with van der Waals surface area (Å²) in [6, 6.07) is 76.1. The van der Waals surface area contributed by atoms with Crippen LogP contribution < -0.4 is 0 Å². The Morgan fingerprint density at radius 3 is 1.43 bits per heavy atom. The van der Waals surface area contributed by atoms with Gasteiger partial charge in [0.15, 0.2) is 0 Å². The van der Waals surface area contributed by atoms with Crippen molar-refractivity contribution in [2.75, 3.05) is 0 Å². The van der Waals surface area contributed by atoms with Crippen LogP contribution in [-0.2, 0) is 0 Å². The van der Waals surface area contributed by atoms with Crippen molar-refractivity contribution in [1.29, 1.82) is 0 Å². The van der Waals surface area contributed by atoms with Gasteiger partial charge in [0.25, 0.3) is 0 Å². The molecule has 12 rings (SSSR count). The summed E-state index contributed by atoms with van der Waals surface area (Å²) >= 11 is 0. The number of rotatable bonds is 5. The van der Waals surface area contributed by atoms with Crippen LogP contribution in [0, 0.1) is 0 Å². The molecule has 11 aromatic rings. The molecule has 268 valence electrons. The summed E-state index contributed by atoms with van der Waals surface area (Å²) in [6.45, 7) is 0. The molecular formula is C58H36. The quantitative estimate of drug-likeness (QED) is 0.122. The van der Waals surface area contributed by atoms with Crippen molar-refractivity contribution in [3.8, 4) is 55.6 Å². The second-order valence-electron chi connectivity index (χ2n) is 15.5. The summed E-state index contributed by atoms with van der Waals surface area (Å²) in [5.74, 6) is 0. The fourth-order valence-electron chi connectivity index (χ4n) is 9.81. The molecule has 0 radical (unpaired) electrons. The Bertz CT molecular complexity index is 3420. The van der Waals surface area contributed by atoms with Gasteiger partial charge in [-0.15, -0.1) is 0 Å². The molecule has 1 aliphatic carbocycles. The molecule has 0 spiro atoms. The standard InChI is InChI=1S/C58H36/c1-2-16-43-38(12-1)13-9-23-46(43)47-34-32-39(44-17-3-4-18-45(44)47)29-26-37-27-30-41(31-28-37)57-50-19-5-7-21-52(50)58(53-22-8-6-20-51(53)57)42-33-35-48-49-24-10-14-40-15-11-25-54(56(40)49)55(48)36-42/h1-36H/b29-26+. The van der Waals surface area contributed by atoms with Crippen LogP contribution in [0.4, 0.5) is 0 Å². The second-order valence-corrected chi connectivity index (χ2v) is 15.5. The van der Waals surface area contributed by atoms with E-state index in [-0.39, 0.29) is 0 Å². The van der Waals surface area contributed by atoms with Gasteiger partial charge in [0.2, 0.25) is 0 Å². The van der Waals surface area contributed by atoms with E-state index in [1.165, 1.54) is 121 Å². The molecule has 0 saturated heterocycles. The Morgan fingerprint density at radius 2 is 0.741 bits per heavy atom. The second kappa shape index (κ2) is 13.0. The first-order chi connectivity index (χ1) is 28.8. The third-order valence-corrected chi connectivity index (χ3v) is 12.4. The predicted octanol–water partition coefficient (Wildman–Crippen LogP) is 16.3. The van der Waals surface area contributed by atoms with Gasteiger partial charge in [-0.25, -0.2) is 0 Å². The van der Waals surface area contributed by atoms with Crippen LogP contribution in [0.1, 0.15) is 11.1 Å². The Morgan fingerprint density at radius 1 is 0.259 bits per heavy atom. The molecular weight excluding hydrogens is 697 g/mol. The van der Waals surface area contributed by atoms with Gasteiger partial charge >= 0.3 is 0 Å². The maximum absolute atomic E-state index is 2.43. The van der Waals surface area contributed by atoms with E-state index in [0.717, 1.165) is 0 Å². The van der Waals surface area contributed by atoms with E-state index in [0.29, 0.717) is 0 Å². The Balaban J connectivity index is 0.936. The van der Waals surface area contributed by atoms with Crippen molar-refractivity contribution < 1.29 is 0 Å². The van der Waals surface area contributed by atoms with E-state index < -0.39 is 0 Å². The molecule has 0 bridgehead atoms. The first kappa shape index (κ1) is 32.7. The zero-order chi connectivity index (χ0) is 38.2. The lowest BCUT2D eigenvalue weighted by molar-refractivity contribution is 1.63. The first-order valence-electron chi connectivity index (χ1n) is 20.2. The van der Waals surface area contributed by atoms with Gasteiger partial charge < -0.3 is 0 Å². The SMILES string of the molecule is C(=C\c1ccc(-c2cccc3ccccc23)c2ccccc12)/c1ccc(-c2c3ccccc3c(-c3ccc4c(c3)-c3cccc5cccc-4c35)c3ccccc23)cc1. The van der Waals surface area contributed by atoms with E-state index in [1.54, 1.807) is 0 Å². The van der Waals surface area contributed by atoms with Gasteiger partial charge in [-0.05, 0) is 127 Å². The third kappa shape index (κ3) is 5.02. The Hall–Kier alpha value is -7.54. The number of fused-ring (bicyclic) bond motifs is 7. The van der Waals surface area contributed by atoms with Crippen LogP contribution in [0.25, 0.3) is 122 Å². The van der Waals surface area contributed by atoms with Gasteiger partial charge in [0.1, 0.15) is 0 Å². The van der Waals surface area contributed by atoms with E-state index in [2.05, 4.69) is 218 Å². The lowest BCUT2D eigenvalue weighted by atomic mass is 9.85. The lowest BCUT2D eigenvalue weighted by Crippen LogP contribution is -1.91. The highest BCUT2D eigenvalue weighted by molar-refractivity contribution is 6.22. The molecule has 0 aliphatic heterocycles. The normalized spacial score (nSPS) is 12.1. The smallest absolute Gasteiger partial charge is 0.00261 e. The topological polar surface area (TPSA) is 0 Å². The monoisotopic (exact) mass is 732 g/mol. The molecule has 58 heavy (non-hydrogen) atoms. The molecule has 0 saturated carbocycles. The van der Waals surface area contributed by atoms with E-state index in [1.807, 2.05) is 0 Å². The van der Waals surface area contributed by atoms with E-state index in [4.69, 9.17) is 0 Å². The first-order valence-corrected chi connectivity index (χ1v) is 20.2. The number of hydrogen-bond donors (Lipinski definition) is 0. The number of benzene rings is 11. The van der Waals surface area contributed by atoms with Crippen LogP contribution in [0.15, 0.2) is 206 Å².